The first-order chi connectivity index (χ1) is 9.85. The molecule has 0 rings (SSSR count). The Balaban J connectivity index is 4.93. The minimum atomic E-state index is -0.789. The van der Waals surface area contributed by atoms with E-state index in [4.69, 9.17) is 22.7 Å². The van der Waals surface area contributed by atoms with Gasteiger partial charge in [0.25, 0.3) is 0 Å². The molecular weight excluding hydrogens is 288 g/mol. The molecule has 0 atom stereocenters. The lowest BCUT2D eigenvalue weighted by atomic mass is 9.77. The van der Waals surface area contributed by atoms with Crippen LogP contribution in [0.3, 0.4) is 0 Å². The molecule has 0 saturated heterocycles. The predicted octanol–water partition coefficient (Wildman–Crippen LogP) is 2.27. The molecular formula is C15H28N2O3S. The van der Waals surface area contributed by atoms with Gasteiger partial charge in [-0.25, -0.2) is 0 Å². The molecule has 6 heteroatoms. The molecule has 0 aromatic rings. The van der Waals surface area contributed by atoms with Gasteiger partial charge in [0.2, 0.25) is 5.91 Å². The molecule has 0 fully saturated rings. The fourth-order valence-electron chi connectivity index (χ4n) is 2.50. The predicted molar refractivity (Wildman–Crippen MR) is 87.9 cm³/mol. The minimum absolute atomic E-state index is 0.0944. The van der Waals surface area contributed by atoms with Crippen LogP contribution in [0.1, 0.15) is 52.9 Å². The van der Waals surface area contributed by atoms with Crippen LogP contribution >= 0.6 is 12.2 Å². The Morgan fingerprint density at radius 2 is 1.71 bits per heavy atom. The summed E-state index contributed by atoms with van der Waals surface area (Å²) in [5, 5.41) is 0. The van der Waals surface area contributed by atoms with E-state index in [-0.39, 0.29) is 23.3 Å². The summed E-state index contributed by atoms with van der Waals surface area (Å²) >= 11 is 5.17. The molecule has 0 aromatic carbocycles. The number of ether oxygens (including phenoxy) is 1. The second-order valence-electron chi connectivity index (χ2n) is 5.23. The lowest BCUT2D eigenvalue weighted by Gasteiger charge is -2.34. The molecule has 5 nitrogen and oxygen atoms in total. The zero-order chi connectivity index (χ0) is 16.5. The quantitative estimate of drug-likeness (QED) is 0.494. The molecule has 0 radical (unpaired) electrons. The highest BCUT2D eigenvalue weighted by Gasteiger charge is 2.41. The highest BCUT2D eigenvalue weighted by Crippen LogP contribution is 2.32. The van der Waals surface area contributed by atoms with Crippen LogP contribution in [0.5, 0.6) is 0 Å². The molecule has 0 heterocycles. The number of nitrogens with zero attached hydrogens (tertiary/aromatic N) is 1. The molecule has 0 aliphatic carbocycles. The highest BCUT2D eigenvalue weighted by molar-refractivity contribution is 7.80. The average Bonchev–Trinajstić information content (AvgIpc) is 2.43. The first-order valence-corrected chi connectivity index (χ1v) is 7.97. The lowest BCUT2D eigenvalue weighted by molar-refractivity contribution is -0.144. The summed E-state index contributed by atoms with van der Waals surface area (Å²) in [7, 11) is 1.68. The molecule has 0 spiro atoms. The minimum Gasteiger partial charge on any atom is -0.466 e. The van der Waals surface area contributed by atoms with Crippen molar-refractivity contribution in [3.63, 3.8) is 0 Å². The standard InChI is InChI=1S/C15H28N2O3S/c1-5-9-15(10-6-2,13(16)21)14(19)17(4)11-8-12(18)20-7-3/h5-11H2,1-4H3,(H2,16,21). The van der Waals surface area contributed by atoms with Crippen molar-refractivity contribution in [3.05, 3.63) is 0 Å². The van der Waals surface area contributed by atoms with Gasteiger partial charge in [0.15, 0.2) is 0 Å². The van der Waals surface area contributed by atoms with Crippen molar-refractivity contribution >= 4 is 29.1 Å². The molecule has 0 saturated carbocycles. The van der Waals surface area contributed by atoms with Crippen LogP contribution in [0.4, 0.5) is 0 Å². The number of esters is 1. The fourth-order valence-corrected chi connectivity index (χ4v) is 2.79. The normalized spacial score (nSPS) is 11.0. The van der Waals surface area contributed by atoms with Gasteiger partial charge >= 0.3 is 5.97 Å². The Kier molecular flexibility index (Phi) is 9.17. The van der Waals surface area contributed by atoms with Crippen LogP contribution in [0.15, 0.2) is 0 Å². The molecule has 0 unspecified atom stereocenters. The first-order valence-electron chi connectivity index (χ1n) is 7.56. The number of nitrogens with two attached hydrogens (primary N) is 1. The number of hydrogen-bond acceptors (Lipinski definition) is 4. The molecule has 21 heavy (non-hydrogen) atoms. The highest BCUT2D eigenvalue weighted by atomic mass is 32.1. The second-order valence-corrected chi connectivity index (χ2v) is 5.67. The number of hydrogen-bond donors (Lipinski definition) is 1. The van der Waals surface area contributed by atoms with Crippen molar-refractivity contribution in [2.24, 2.45) is 11.1 Å². The van der Waals surface area contributed by atoms with Crippen molar-refractivity contribution in [1.29, 1.82) is 0 Å². The molecule has 0 aliphatic rings. The summed E-state index contributed by atoms with van der Waals surface area (Å²) in [6.45, 7) is 6.44. The van der Waals surface area contributed by atoms with Gasteiger partial charge < -0.3 is 15.4 Å². The molecule has 2 N–H and O–H groups in total. The summed E-state index contributed by atoms with van der Waals surface area (Å²) in [6, 6.07) is 0. The van der Waals surface area contributed by atoms with Crippen LogP contribution in [0.2, 0.25) is 0 Å². The molecule has 1 amide bonds. The first kappa shape index (κ1) is 19.8. The zero-order valence-electron chi connectivity index (χ0n) is 13.6. The van der Waals surface area contributed by atoms with Crippen molar-refractivity contribution in [2.75, 3.05) is 20.2 Å². The molecule has 0 aliphatic heterocycles. The largest absolute Gasteiger partial charge is 0.466 e. The third-order valence-corrected chi connectivity index (χ3v) is 3.93. The summed E-state index contributed by atoms with van der Waals surface area (Å²) in [5.74, 6) is -0.396. The Morgan fingerprint density at radius 3 is 2.10 bits per heavy atom. The number of carbonyl (C=O) groups excluding carboxylic acids is 2. The third-order valence-electron chi connectivity index (χ3n) is 3.54. The van der Waals surface area contributed by atoms with Crippen LogP contribution in [-0.2, 0) is 14.3 Å². The van der Waals surface area contributed by atoms with E-state index < -0.39 is 5.41 Å². The van der Waals surface area contributed by atoms with Crippen LogP contribution < -0.4 is 5.73 Å². The Labute approximate surface area is 133 Å². The Morgan fingerprint density at radius 1 is 1.19 bits per heavy atom. The number of carbonyl (C=O) groups is 2. The summed E-state index contributed by atoms with van der Waals surface area (Å²) < 4.78 is 4.87. The van der Waals surface area contributed by atoms with E-state index in [0.717, 1.165) is 12.8 Å². The van der Waals surface area contributed by atoms with E-state index >= 15 is 0 Å². The molecule has 0 bridgehead atoms. The van der Waals surface area contributed by atoms with Gasteiger partial charge in [-0.1, -0.05) is 38.9 Å². The van der Waals surface area contributed by atoms with Crippen molar-refractivity contribution in [3.8, 4) is 0 Å². The SMILES string of the molecule is CCCC(CCC)(C(=O)N(C)CCC(=O)OCC)C(N)=S. The van der Waals surface area contributed by atoms with E-state index in [1.807, 2.05) is 13.8 Å². The van der Waals surface area contributed by atoms with E-state index in [9.17, 15) is 9.59 Å². The lowest BCUT2D eigenvalue weighted by Crippen LogP contribution is -2.50. The summed E-state index contributed by atoms with van der Waals surface area (Å²) in [5.41, 5.74) is 5.09. The van der Waals surface area contributed by atoms with Crippen molar-refractivity contribution in [2.45, 2.75) is 52.9 Å². The number of rotatable bonds is 10. The second kappa shape index (κ2) is 9.71. The summed E-state index contributed by atoms with van der Waals surface area (Å²) in [4.78, 5) is 25.9. The maximum absolute atomic E-state index is 12.8. The smallest absolute Gasteiger partial charge is 0.307 e. The monoisotopic (exact) mass is 316 g/mol. The maximum atomic E-state index is 12.8. The van der Waals surface area contributed by atoms with E-state index in [1.54, 1.807) is 18.9 Å². The van der Waals surface area contributed by atoms with Crippen LogP contribution in [0.25, 0.3) is 0 Å². The van der Waals surface area contributed by atoms with Crippen LogP contribution in [0, 0.1) is 5.41 Å². The Hall–Kier alpha value is -1.17. The molecule has 122 valence electrons. The number of amides is 1. The van der Waals surface area contributed by atoms with Gasteiger partial charge in [0.1, 0.15) is 0 Å². The van der Waals surface area contributed by atoms with Crippen LogP contribution in [-0.4, -0.2) is 42.0 Å². The zero-order valence-corrected chi connectivity index (χ0v) is 14.4. The van der Waals surface area contributed by atoms with Gasteiger partial charge in [-0.3, -0.25) is 9.59 Å². The van der Waals surface area contributed by atoms with Gasteiger partial charge in [-0.2, -0.15) is 0 Å². The Bertz CT molecular complexity index is 366. The maximum Gasteiger partial charge on any atom is 0.307 e. The fraction of sp³-hybridized carbons (Fsp3) is 0.800. The van der Waals surface area contributed by atoms with Gasteiger partial charge in [0.05, 0.1) is 23.4 Å². The molecule has 0 aromatic heterocycles. The summed E-state index contributed by atoms with van der Waals surface area (Å²) in [6.07, 6.45) is 3.11. The van der Waals surface area contributed by atoms with E-state index in [1.165, 1.54) is 0 Å². The van der Waals surface area contributed by atoms with Crippen molar-refractivity contribution < 1.29 is 14.3 Å². The van der Waals surface area contributed by atoms with Crippen molar-refractivity contribution in [1.82, 2.24) is 4.90 Å². The van der Waals surface area contributed by atoms with Gasteiger partial charge in [0, 0.05) is 13.6 Å². The van der Waals surface area contributed by atoms with Gasteiger partial charge in [-0.15, -0.1) is 0 Å². The average molecular weight is 316 g/mol. The number of thiocarbonyl (C=S) groups is 1. The van der Waals surface area contributed by atoms with E-state index in [2.05, 4.69) is 0 Å². The topological polar surface area (TPSA) is 72.6 Å². The van der Waals surface area contributed by atoms with E-state index in [0.29, 0.717) is 26.0 Å². The van der Waals surface area contributed by atoms with Gasteiger partial charge in [-0.05, 0) is 19.8 Å². The third kappa shape index (κ3) is 5.61.